The van der Waals surface area contributed by atoms with Crippen LogP contribution in [0, 0.1) is 0 Å². The average molecular weight is 170 g/mol. The van der Waals surface area contributed by atoms with Gasteiger partial charge in [0.1, 0.15) is 12.4 Å². The number of esters is 2. The molecule has 0 fully saturated rings. The fraction of sp³-hybridized carbons (Fsp3) is 0.500. The summed E-state index contributed by atoms with van der Waals surface area (Å²) in [6.45, 7) is 3.17. The lowest BCUT2D eigenvalue weighted by molar-refractivity contribution is -0.140. The first kappa shape index (κ1) is 8.77. The summed E-state index contributed by atoms with van der Waals surface area (Å²) < 4.78 is 9.47. The Labute approximate surface area is 70.1 Å². The van der Waals surface area contributed by atoms with E-state index in [0.29, 0.717) is 5.76 Å². The van der Waals surface area contributed by atoms with Crippen molar-refractivity contribution in [3.63, 3.8) is 0 Å². The lowest BCUT2D eigenvalue weighted by atomic mass is 10.2. The van der Waals surface area contributed by atoms with Gasteiger partial charge in [0.25, 0.3) is 0 Å². The Morgan fingerprint density at radius 3 is 2.75 bits per heavy atom. The zero-order chi connectivity index (χ0) is 9.14. The lowest BCUT2D eigenvalue weighted by Crippen LogP contribution is -2.03. The van der Waals surface area contributed by atoms with E-state index in [1.54, 1.807) is 6.92 Å². The van der Waals surface area contributed by atoms with E-state index in [9.17, 15) is 9.59 Å². The molecule has 0 spiro atoms. The van der Waals surface area contributed by atoms with Crippen LogP contribution in [0.2, 0.25) is 0 Å². The molecule has 1 aliphatic heterocycles. The van der Waals surface area contributed by atoms with Crippen molar-refractivity contribution in [2.24, 2.45) is 0 Å². The van der Waals surface area contributed by atoms with Crippen LogP contribution in [0.15, 0.2) is 11.3 Å². The maximum absolute atomic E-state index is 10.7. The highest BCUT2D eigenvalue weighted by molar-refractivity contribution is 5.77. The number of carbonyl (C=O) groups is 2. The van der Waals surface area contributed by atoms with E-state index in [4.69, 9.17) is 9.47 Å². The van der Waals surface area contributed by atoms with Crippen LogP contribution >= 0.6 is 0 Å². The van der Waals surface area contributed by atoms with Gasteiger partial charge in [0.05, 0.1) is 6.42 Å². The number of cyclic esters (lactones) is 1. The molecule has 0 aromatic rings. The second-order valence-corrected chi connectivity index (χ2v) is 2.59. The number of carbonyl (C=O) groups excluding carboxylic acids is 2. The van der Waals surface area contributed by atoms with Crippen molar-refractivity contribution < 1.29 is 19.1 Å². The first-order chi connectivity index (χ1) is 5.59. The van der Waals surface area contributed by atoms with E-state index in [-0.39, 0.29) is 25.0 Å². The molecular formula is C8H10O4. The summed E-state index contributed by atoms with van der Waals surface area (Å²) in [6, 6.07) is 0. The summed E-state index contributed by atoms with van der Waals surface area (Å²) in [4.78, 5) is 21.1. The summed E-state index contributed by atoms with van der Waals surface area (Å²) >= 11 is 0. The minimum Gasteiger partial charge on any atom is -0.461 e. The third-order valence-electron chi connectivity index (χ3n) is 1.57. The topological polar surface area (TPSA) is 52.6 Å². The molecular weight excluding hydrogens is 160 g/mol. The fourth-order valence-corrected chi connectivity index (χ4v) is 0.919. The second kappa shape index (κ2) is 3.38. The van der Waals surface area contributed by atoms with Gasteiger partial charge in [0, 0.05) is 12.5 Å². The minimum absolute atomic E-state index is 0.160. The van der Waals surface area contributed by atoms with Crippen LogP contribution in [0.25, 0.3) is 0 Å². The molecule has 66 valence electrons. The monoisotopic (exact) mass is 170 g/mol. The van der Waals surface area contributed by atoms with E-state index >= 15 is 0 Å². The highest BCUT2D eigenvalue weighted by Gasteiger charge is 2.20. The molecule has 0 aliphatic carbocycles. The summed E-state index contributed by atoms with van der Waals surface area (Å²) in [6.07, 6.45) is 0.235. The molecule has 0 amide bonds. The van der Waals surface area contributed by atoms with Crippen molar-refractivity contribution in [2.45, 2.75) is 20.3 Å². The third kappa shape index (κ3) is 2.08. The quantitative estimate of drug-likeness (QED) is 0.574. The van der Waals surface area contributed by atoms with Crippen LogP contribution in [-0.4, -0.2) is 18.5 Å². The van der Waals surface area contributed by atoms with E-state index in [1.165, 1.54) is 6.92 Å². The summed E-state index contributed by atoms with van der Waals surface area (Å²) in [7, 11) is 0. The first-order valence-electron chi connectivity index (χ1n) is 3.62. The van der Waals surface area contributed by atoms with Gasteiger partial charge in [-0.25, -0.2) is 0 Å². The van der Waals surface area contributed by atoms with Gasteiger partial charge in [-0.3, -0.25) is 9.59 Å². The smallest absolute Gasteiger partial charge is 0.315 e. The number of hydrogen-bond donors (Lipinski definition) is 0. The van der Waals surface area contributed by atoms with Gasteiger partial charge < -0.3 is 9.47 Å². The summed E-state index contributed by atoms with van der Waals surface area (Å²) in [5.41, 5.74) is 0.746. The predicted molar refractivity (Wildman–Crippen MR) is 40.0 cm³/mol. The van der Waals surface area contributed by atoms with Crippen molar-refractivity contribution in [1.82, 2.24) is 0 Å². The molecule has 0 N–H and O–H groups in total. The van der Waals surface area contributed by atoms with Crippen LogP contribution in [0.4, 0.5) is 0 Å². The standard InChI is InChI=1S/C8H10O4/c1-5-7(3-8(10)12-5)4-11-6(2)9/h3-4H2,1-2H3. The van der Waals surface area contributed by atoms with Crippen molar-refractivity contribution in [2.75, 3.05) is 6.61 Å². The molecule has 0 unspecified atom stereocenters. The van der Waals surface area contributed by atoms with Gasteiger partial charge in [-0.2, -0.15) is 0 Å². The van der Waals surface area contributed by atoms with Gasteiger partial charge >= 0.3 is 11.9 Å². The largest absolute Gasteiger partial charge is 0.461 e. The molecule has 0 bridgehead atoms. The maximum Gasteiger partial charge on any atom is 0.315 e. The second-order valence-electron chi connectivity index (χ2n) is 2.59. The minimum atomic E-state index is -0.352. The van der Waals surface area contributed by atoms with E-state index in [2.05, 4.69) is 0 Å². The molecule has 4 nitrogen and oxygen atoms in total. The van der Waals surface area contributed by atoms with Crippen LogP contribution in [0.1, 0.15) is 20.3 Å². The molecule has 0 atom stereocenters. The van der Waals surface area contributed by atoms with E-state index in [1.807, 2.05) is 0 Å². The molecule has 0 radical (unpaired) electrons. The van der Waals surface area contributed by atoms with Gasteiger partial charge in [-0.05, 0) is 6.92 Å². The zero-order valence-corrected chi connectivity index (χ0v) is 7.05. The molecule has 1 aliphatic rings. The fourth-order valence-electron chi connectivity index (χ4n) is 0.919. The molecule has 1 rings (SSSR count). The molecule has 0 aromatic heterocycles. The number of allylic oxidation sites excluding steroid dienone is 1. The van der Waals surface area contributed by atoms with Crippen LogP contribution in [0.3, 0.4) is 0 Å². The van der Waals surface area contributed by atoms with E-state index in [0.717, 1.165) is 5.57 Å². The summed E-state index contributed by atoms with van der Waals surface area (Å²) in [5.74, 6) is -0.0782. The van der Waals surface area contributed by atoms with Crippen molar-refractivity contribution in [3.05, 3.63) is 11.3 Å². The third-order valence-corrected chi connectivity index (χ3v) is 1.57. The van der Waals surface area contributed by atoms with E-state index < -0.39 is 0 Å². The molecule has 0 saturated heterocycles. The normalized spacial score (nSPS) is 16.3. The van der Waals surface area contributed by atoms with Crippen molar-refractivity contribution >= 4 is 11.9 Å². The Balaban J connectivity index is 2.47. The average Bonchev–Trinajstić information content (AvgIpc) is 2.26. The SMILES string of the molecule is CC(=O)OCC1=C(C)OC(=O)C1. The van der Waals surface area contributed by atoms with Crippen LogP contribution in [-0.2, 0) is 19.1 Å². The zero-order valence-electron chi connectivity index (χ0n) is 7.05. The Hall–Kier alpha value is -1.32. The maximum atomic E-state index is 10.7. The number of ether oxygens (including phenoxy) is 2. The lowest BCUT2D eigenvalue weighted by Gasteiger charge is -2.00. The molecule has 4 heteroatoms. The Morgan fingerprint density at radius 2 is 2.33 bits per heavy atom. The number of rotatable bonds is 2. The first-order valence-corrected chi connectivity index (χ1v) is 3.62. The molecule has 12 heavy (non-hydrogen) atoms. The van der Waals surface area contributed by atoms with Crippen LogP contribution in [0.5, 0.6) is 0 Å². The Morgan fingerprint density at radius 1 is 1.67 bits per heavy atom. The highest BCUT2D eigenvalue weighted by atomic mass is 16.6. The predicted octanol–water partition coefficient (Wildman–Crippen LogP) is 0.770. The van der Waals surface area contributed by atoms with Gasteiger partial charge in [-0.15, -0.1) is 0 Å². The van der Waals surface area contributed by atoms with Gasteiger partial charge in [0.2, 0.25) is 0 Å². The summed E-state index contributed by atoms with van der Waals surface area (Å²) in [5, 5.41) is 0. The molecule has 0 aromatic carbocycles. The van der Waals surface area contributed by atoms with Gasteiger partial charge in [-0.1, -0.05) is 0 Å². The molecule has 0 saturated carbocycles. The Bertz CT molecular complexity index is 252. The van der Waals surface area contributed by atoms with Crippen molar-refractivity contribution in [3.8, 4) is 0 Å². The van der Waals surface area contributed by atoms with Crippen molar-refractivity contribution in [1.29, 1.82) is 0 Å². The highest BCUT2D eigenvalue weighted by Crippen LogP contribution is 2.19. The Kier molecular flexibility index (Phi) is 2.47. The number of hydrogen-bond acceptors (Lipinski definition) is 4. The van der Waals surface area contributed by atoms with Gasteiger partial charge in [0.15, 0.2) is 0 Å². The molecule has 1 heterocycles. The van der Waals surface area contributed by atoms with Crippen LogP contribution < -0.4 is 0 Å².